The maximum atomic E-state index is 11.9. The van der Waals surface area contributed by atoms with Gasteiger partial charge in [-0.25, -0.2) is 23.4 Å². The summed E-state index contributed by atoms with van der Waals surface area (Å²) in [5, 5.41) is 3.09. The highest BCUT2D eigenvalue weighted by Crippen LogP contribution is 2.28. The van der Waals surface area contributed by atoms with Gasteiger partial charge in [0.2, 0.25) is 5.95 Å². The summed E-state index contributed by atoms with van der Waals surface area (Å²) in [4.78, 5) is 23.6. The lowest BCUT2D eigenvalue weighted by molar-refractivity contribution is 0.498. The summed E-state index contributed by atoms with van der Waals surface area (Å²) in [5.41, 5.74) is 9.24. The second-order valence-electron chi connectivity index (χ2n) is 8.15. The number of hydrogen-bond donors (Lipinski definition) is 3. The molecule has 1 aliphatic rings. The molecule has 0 aliphatic carbocycles. The third kappa shape index (κ3) is 4.50. The van der Waals surface area contributed by atoms with Crippen LogP contribution in [0.1, 0.15) is 12.8 Å². The molecule has 5 rings (SSSR count). The fourth-order valence-electron chi connectivity index (χ4n) is 3.87. The number of rotatable bonds is 5. The molecular formula is C22H24N8O2S. The van der Waals surface area contributed by atoms with E-state index in [4.69, 9.17) is 5.73 Å². The van der Waals surface area contributed by atoms with E-state index < -0.39 is 9.84 Å². The maximum Gasteiger partial charge on any atom is 0.229 e. The highest BCUT2D eigenvalue weighted by molar-refractivity contribution is 7.90. The molecule has 0 bridgehead atoms. The predicted octanol–water partition coefficient (Wildman–Crippen LogP) is 2.49. The smallest absolute Gasteiger partial charge is 0.229 e. The van der Waals surface area contributed by atoms with Crippen molar-refractivity contribution in [1.82, 2.24) is 24.9 Å². The minimum atomic E-state index is -3.33. The number of piperidine rings is 1. The van der Waals surface area contributed by atoms with E-state index in [1.807, 2.05) is 12.1 Å². The molecule has 4 heterocycles. The zero-order valence-electron chi connectivity index (χ0n) is 18.1. The van der Waals surface area contributed by atoms with Crippen molar-refractivity contribution >= 4 is 38.5 Å². The summed E-state index contributed by atoms with van der Waals surface area (Å²) >= 11 is 0. The fourth-order valence-corrected chi connectivity index (χ4v) is 4.54. The topological polar surface area (TPSA) is 143 Å². The molecule has 4 N–H and O–H groups in total. The predicted molar refractivity (Wildman–Crippen MR) is 127 cm³/mol. The van der Waals surface area contributed by atoms with Crippen LogP contribution >= 0.6 is 0 Å². The number of H-pyrrole nitrogens is 1. The van der Waals surface area contributed by atoms with Crippen LogP contribution in [0, 0.1) is 0 Å². The van der Waals surface area contributed by atoms with Crippen LogP contribution in [-0.4, -0.2) is 58.7 Å². The molecule has 0 amide bonds. The average molecular weight is 465 g/mol. The molecule has 0 saturated carbocycles. The van der Waals surface area contributed by atoms with E-state index in [9.17, 15) is 8.42 Å². The number of hydrogen-bond acceptors (Lipinski definition) is 9. The minimum Gasteiger partial charge on any atom is -0.357 e. The van der Waals surface area contributed by atoms with Gasteiger partial charge in [-0.1, -0.05) is 6.07 Å². The van der Waals surface area contributed by atoms with Crippen molar-refractivity contribution in [3.05, 3.63) is 48.9 Å². The van der Waals surface area contributed by atoms with Crippen molar-refractivity contribution in [2.24, 2.45) is 5.73 Å². The number of anilines is 3. The molecule has 3 aromatic heterocycles. The fraction of sp³-hybridized carbons (Fsp3) is 0.273. The number of benzene rings is 1. The summed E-state index contributed by atoms with van der Waals surface area (Å²) < 4.78 is 23.8. The summed E-state index contributed by atoms with van der Waals surface area (Å²) in [6, 6.07) is 10.8. The molecule has 11 heteroatoms. The number of nitrogens with zero attached hydrogens (tertiary/aromatic N) is 5. The molecule has 170 valence electrons. The minimum absolute atomic E-state index is 0.215. The summed E-state index contributed by atoms with van der Waals surface area (Å²) in [7, 11) is -3.33. The molecule has 33 heavy (non-hydrogen) atoms. The summed E-state index contributed by atoms with van der Waals surface area (Å²) in [6.07, 6.45) is 6.45. The van der Waals surface area contributed by atoms with Crippen LogP contribution in [0.4, 0.5) is 17.5 Å². The van der Waals surface area contributed by atoms with E-state index in [2.05, 4.69) is 35.1 Å². The highest BCUT2D eigenvalue weighted by atomic mass is 32.2. The number of sulfone groups is 1. The van der Waals surface area contributed by atoms with Gasteiger partial charge in [-0.2, -0.15) is 4.98 Å². The number of pyridine rings is 1. The molecule has 1 aromatic carbocycles. The SMILES string of the molecule is CS(=O)(=O)c1cccc(Nc2nc(-c3ccc(N4CCC(N)CC4)nc3)c3[nH]cnc3n2)c1. The second kappa shape index (κ2) is 8.41. The van der Waals surface area contributed by atoms with Crippen LogP contribution in [0.3, 0.4) is 0 Å². The third-order valence-electron chi connectivity index (χ3n) is 5.69. The highest BCUT2D eigenvalue weighted by Gasteiger charge is 2.18. The largest absolute Gasteiger partial charge is 0.357 e. The molecule has 4 aromatic rings. The number of nitrogens with two attached hydrogens (primary N) is 1. The van der Waals surface area contributed by atoms with Crippen molar-refractivity contribution in [2.45, 2.75) is 23.8 Å². The van der Waals surface area contributed by atoms with Gasteiger partial charge in [0.05, 0.1) is 11.2 Å². The van der Waals surface area contributed by atoms with Crippen molar-refractivity contribution in [3.8, 4) is 11.3 Å². The zero-order chi connectivity index (χ0) is 23.0. The molecule has 0 unspecified atom stereocenters. The molecule has 0 spiro atoms. The van der Waals surface area contributed by atoms with Gasteiger partial charge < -0.3 is 20.9 Å². The van der Waals surface area contributed by atoms with E-state index in [1.54, 1.807) is 36.8 Å². The van der Waals surface area contributed by atoms with Crippen LogP contribution in [0.15, 0.2) is 53.8 Å². The van der Waals surface area contributed by atoms with Gasteiger partial charge in [0.15, 0.2) is 15.5 Å². The van der Waals surface area contributed by atoms with Crippen molar-refractivity contribution < 1.29 is 8.42 Å². The zero-order valence-corrected chi connectivity index (χ0v) is 18.9. The number of imidazole rings is 1. The van der Waals surface area contributed by atoms with Crippen LogP contribution in [0.25, 0.3) is 22.4 Å². The molecular weight excluding hydrogens is 440 g/mol. The Labute approximate surface area is 191 Å². The Morgan fingerprint density at radius 1 is 1.12 bits per heavy atom. The Morgan fingerprint density at radius 2 is 1.94 bits per heavy atom. The Hall–Kier alpha value is -3.57. The van der Waals surface area contributed by atoms with Crippen molar-refractivity contribution in [2.75, 3.05) is 29.6 Å². The Bertz CT molecular complexity index is 1390. The normalized spacial score (nSPS) is 15.2. The number of aromatic nitrogens is 5. The quantitative estimate of drug-likeness (QED) is 0.406. The Kier molecular flexibility index (Phi) is 5.43. The maximum absolute atomic E-state index is 11.9. The van der Waals surface area contributed by atoms with Gasteiger partial charge in [0.1, 0.15) is 17.0 Å². The van der Waals surface area contributed by atoms with Gasteiger partial charge in [0, 0.05) is 42.8 Å². The number of nitrogens with one attached hydrogen (secondary N) is 2. The lowest BCUT2D eigenvalue weighted by Gasteiger charge is -2.31. The lowest BCUT2D eigenvalue weighted by atomic mass is 10.1. The van der Waals surface area contributed by atoms with Crippen LogP contribution < -0.4 is 16.0 Å². The lowest BCUT2D eigenvalue weighted by Crippen LogP contribution is -2.40. The molecule has 10 nitrogen and oxygen atoms in total. The van der Waals surface area contributed by atoms with Gasteiger partial charge in [-0.05, 0) is 43.2 Å². The molecule has 1 fully saturated rings. The van der Waals surface area contributed by atoms with E-state index in [-0.39, 0.29) is 10.9 Å². The van der Waals surface area contributed by atoms with Gasteiger partial charge in [0.25, 0.3) is 0 Å². The Morgan fingerprint density at radius 3 is 2.67 bits per heavy atom. The average Bonchev–Trinajstić information content (AvgIpc) is 3.28. The first-order valence-electron chi connectivity index (χ1n) is 10.6. The molecule has 0 atom stereocenters. The summed E-state index contributed by atoms with van der Waals surface area (Å²) in [6.45, 7) is 1.79. The van der Waals surface area contributed by atoms with Gasteiger partial charge in [-0.15, -0.1) is 0 Å². The monoisotopic (exact) mass is 464 g/mol. The third-order valence-corrected chi connectivity index (χ3v) is 6.80. The first kappa shape index (κ1) is 21.3. The van der Waals surface area contributed by atoms with E-state index >= 15 is 0 Å². The van der Waals surface area contributed by atoms with Crippen molar-refractivity contribution in [1.29, 1.82) is 0 Å². The summed E-state index contributed by atoms with van der Waals surface area (Å²) in [5.74, 6) is 1.22. The van der Waals surface area contributed by atoms with Crippen LogP contribution in [-0.2, 0) is 9.84 Å². The van der Waals surface area contributed by atoms with E-state index in [0.29, 0.717) is 28.5 Å². The van der Waals surface area contributed by atoms with Crippen LogP contribution in [0.2, 0.25) is 0 Å². The number of fused-ring (bicyclic) bond motifs is 1. The van der Waals surface area contributed by atoms with E-state index in [0.717, 1.165) is 37.3 Å². The second-order valence-corrected chi connectivity index (χ2v) is 10.2. The van der Waals surface area contributed by atoms with Crippen LogP contribution in [0.5, 0.6) is 0 Å². The molecule has 1 aliphatic heterocycles. The number of aromatic amines is 1. The first-order chi connectivity index (χ1) is 15.9. The molecule has 1 saturated heterocycles. The van der Waals surface area contributed by atoms with Gasteiger partial charge >= 0.3 is 0 Å². The standard InChI is InChI=1S/C22H24N8O2S/c1-33(31,32)17-4-2-3-16(11-17)27-22-28-19(20-21(29-22)26-13-25-20)14-5-6-18(24-12-14)30-9-7-15(23)8-10-30/h2-6,11-13,15H,7-10,23H2,1H3,(H2,25,26,27,28,29). The molecule has 0 radical (unpaired) electrons. The van der Waals surface area contributed by atoms with Gasteiger partial charge in [-0.3, -0.25) is 0 Å². The van der Waals surface area contributed by atoms with E-state index in [1.165, 1.54) is 6.26 Å². The van der Waals surface area contributed by atoms with Crippen molar-refractivity contribution in [3.63, 3.8) is 0 Å². The first-order valence-corrected chi connectivity index (χ1v) is 12.5. The Balaban J connectivity index is 1.46.